The molecule has 2 heterocycles. The lowest BCUT2D eigenvalue weighted by atomic mass is 10.0. The van der Waals surface area contributed by atoms with Gasteiger partial charge in [-0.25, -0.2) is 0 Å². The maximum atomic E-state index is 12.4. The van der Waals surface area contributed by atoms with Crippen molar-refractivity contribution in [2.75, 3.05) is 11.4 Å². The Morgan fingerprint density at radius 1 is 1.38 bits per heavy atom. The molecule has 3 rings (SSSR count). The largest absolute Gasteiger partial charge is 0.381 e. The van der Waals surface area contributed by atoms with Crippen molar-refractivity contribution in [3.63, 3.8) is 0 Å². The summed E-state index contributed by atoms with van der Waals surface area (Å²) in [7, 11) is 0. The first-order chi connectivity index (χ1) is 10.1. The Morgan fingerprint density at radius 3 is 2.95 bits per heavy atom. The Bertz CT molecular complexity index is 695. The average Bonchev–Trinajstić information content (AvgIpc) is 2.95. The van der Waals surface area contributed by atoms with Gasteiger partial charge in [0.15, 0.2) is 0 Å². The molecule has 1 aliphatic rings. The maximum Gasteiger partial charge on any atom is 0.381 e. The van der Waals surface area contributed by atoms with E-state index in [-0.39, 0.29) is 18.3 Å². The Labute approximate surface area is 121 Å². The highest BCUT2D eigenvalue weighted by molar-refractivity contribution is 5.94. The van der Waals surface area contributed by atoms with Crippen molar-refractivity contribution >= 4 is 17.4 Å². The van der Waals surface area contributed by atoms with Gasteiger partial charge in [0.05, 0.1) is 0 Å². The van der Waals surface area contributed by atoms with Crippen molar-refractivity contribution < 1.29 is 9.72 Å². The number of anilines is 1. The number of aromatic nitrogens is 2. The van der Waals surface area contributed by atoms with Crippen molar-refractivity contribution in [3.8, 4) is 0 Å². The van der Waals surface area contributed by atoms with Gasteiger partial charge in [0.1, 0.15) is 12.7 Å². The molecule has 7 heteroatoms. The first-order valence-electron chi connectivity index (χ1n) is 6.69. The fourth-order valence-corrected chi connectivity index (χ4v) is 2.56. The average molecular weight is 286 g/mol. The number of hydrogen-bond donors (Lipinski definition) is 0. The van der Waals surface area contributed by atoms with Crippen molar-refractivity contribution in [1.82, 2.24) is 9.55 Å². The summed E-state index contributed by atoms with van der Waals surface area (Å²) in [5, 5.41) is 10.6. The van der Waals surface area contributed by atoms with Gasteiger partial charge in [-0.1, -0.05) is 18.2 Å². The SMILES string of the molecule is O=C(Cn1cnc([N+](=O)[O-])c1)N1CCCc2ccccc21. The topological polar surface area (TPSA) is 81.3 Å². The van der Waals surface area contributed by atoms with Crippen LogP contribution in [-0.2, 0) is 17.8 Å². The van der Waals surface area contributed by atoms with Crippen LogP contribution in [0.5, 0.6) is 0 Å². The van der Waals surface area contributed by atoms with E-state index in [9.17, 15) is 14.9 Å². The number of aryl methyl sites for hydroxylation is 1. The highest BCUT2D eigenvalue weighted by atomic mass is 16.6. The summed E-state index contributed by atoms with van der Waals surface area (Å²) >= 11 is 0. The fraction of sp³-hybridized carbons (Fsp3) is 0.286. The molecule has 0 saturated carbocycles. The molecule has 1 aromatic carbocycles. The first-order valence-corrected chi connectivity index (χ1v) is 6.69. The van der Waals surface area contributed by atoms with Crippen molar-refractivity contribution in [2.24, 2.45) is 0 Å². The first kappa shape index (κ1) is 13.3. The van der Waals surface area contributed by atoms with Gasteiger partial charge in [0.25, 0.3) is 0 Å². The third-order valence-electron chi connectivity index (χ3n) is 3.54. The molecule has 108 valence electrons. The van der Waals surface area contributed by atoms with Crippen LogP contribution in [0, 0.1) is 10.1 Å². The molecular weight excluding hydrogens is 272 g/mol. The summed E-state index contributed by atoms with van der Waals surface area (Å²) in [4.78, 5) is 27.8. The number of benzene rings is 1. The van der Waals surface area contributed by atoms with Crippen LogP contribution in [0.15, 0.2) is 36.8 Å². The third kappa shape index (κ3) is 2.62. The zero-order valence-corrected chi connectivity index (χ0v) is 11.3. The molecule has 0 fully saturated rings. The number of rotatable bonds is 3. The minimum Gasteiger partial charge on any atom is -0.358 e. The molecule has 1 aliphatic heterocycles. The predicted molar refractivity (Wildman–Crippen MR) is 76.0 cm³/mol. The van der Waals surface area contributed by atoms with Crippen LogP contribution >= 0.6 is 0 Å². The smallest absolute Gasteiger partial charge is 0.358 e. The highest BCUT2D eigenvalue weighted by Crippen LogP contribution is 2.26. The van der Waals surface area contributed by atoms with E-state index in [4.69, 9.17) is 0 Å². The monoisotopic (exact) mass is 286 g/mol. The summed E-state index contributed by atoms with van der Waals surface area (Å²) in [6.45, 7) is 0.724. The second kappa shape index (κ2) is 5.35. The van der Waals surface area contributed by atoms with E-state index in [1.54, 1.807) is 4.90 Å². The standard InChI is InChI=1S/C14H14N4O3/c19-14(9-16-8-13(15-10-16)18(20)21)17-7-3-5-11-4-1-2-6-12(11)17/h1-2,4,6,8,10H,3,5,7,9H2. The van der Waals surface area contributed by atoms with Crippen molar-refractivity contribution in [1.29, 1.82) is 0 Å². The van der Waals surface area contributed by atoms with Crippen LogP contribution in [0.2, 0.25) is 0 Å². The van der Waals surface area contributed by atoms with Gasteiger partial charge in [-0.05, 0) is 34.4 Å². The molecule has 7 nitrogen and oxygen atoms in total. The predicted octanol–water partition coefficient (Wildman–Crippen LogP) is 1.77. The van der Waals surface area contributed by atoms with E-state index in [1.807, 2.05) is 24.3 Å². The number of carbonyl (C=O) groups excluding carboxylic acids is 1. The molecule has 0 radical (unpaired) electrons. The quantitative estimate of drug-likeness (QED) is 0.636. The molecule has 21 heavy (non-hydrogen) atoms. The summed E-state index contributed by atoms with van der Waals surface area (Å²) in [6.07, 6.45) is 4.48. The highest BCUT2D eigenvalue weighted by Gasteiger charge is 2.23. The van der Waals surface area contributed by atoms with Crippen LogP contribution in [0.3, 0.4) is 0 Å². The molecule has 1 amide bonds. The number of para-hydroxylation sites is 1. The molecule has 0 N–H and O–H groups in total. The molecule has 0 atom stereocenters. The molecule has 0 saturated heterocycles. The zero-order chi connectivity index (χ0) is 14.8. The minimum absolute atomic E-state index is 0.0508. The van der Waals surface area contributed by atoms with Gasteiger partial charge in [-0.2, -0.15) is 0 Å². The number of imidazole rings is 1. The summed E-state index contributed by atoms with van der Waals surface area (Å²) in [6, 6.07) is 7.83. The van der Waals surface area contributed by atoms with Gasteiger partial charge in [-0.15, -0.1) is 0 Å². The van der Waals surface area contributed by atoms with E-state index in [0.29, 0.717) is 6.54 Å². The van der Waals surface area contributed by atoms with E-state index in [1.165, 1.54) is 17.1 Å². The number of nitro groups is 1. The van der Waals surface area contributed by atoms with Crippen LogP contribution in [-0.4, -0.2) is 26.9 Å². The molecule has 2 aromatic rings. The van der Waals surface area contributed by atoms with Crippen molar-refractivity contribution in [2.45, 2.75) is 19.4 Å². The Kier molecular flexibility index (Phi) is 3.39. The number of carbonyl (C=O) groups is 1. The molecule has 0 spiro atoms. The number of nitrogens with zero attached hydrogens (tertiary/aromatic N) is 4. The molecule has 1 aromatic heterocycles. The van der Waals surface area contributed by atoms with Crippen LogP contribution in [0.1, 0.15) is 12.0 Å². The number of amides is 1. The lowest BCUT2D eigenvalue weighted by molar-refractivity contribution is -0.389. The van der Waals surface area contributed by atoms with Gasteiger partial charge in [0, 0.05) is 12.2 Å². The third-order valence-corrected chi connectivity index (χ3v) is 3.54. The van der Waals surface area contributed by atoms with Crippen LogP contribution in [0.25, 0.3) is 0 Å². The zero-order valence-electron chi connectivity index (χ0n) is 11.3. The lowest BCUT2D eigenvalue weighted by Crippen LogP contribution is -2.37. The fourth-order valence-electron chi connectivity index (χ4n) is 2.56. The molecule has 0 aliphatic carbocycles. The van der Waals surface area contributed by atoms with Crippen LogP contribution in [0.4, 0.5) is 11.5 Å². The van der Waals surface area contributed by atoms with Gasteiger partial charge in [0.2, 0.25) is 12.2 Å². The lowest BCUT2D eigenvalue weighted by Gasteiger charge is -2.29. The van der Waals surface area contributed by atoms with E-state index >= 15 is 0 Å². The Morgan fingerprint density at radius 2 is 2.19 bits per heavy atom. The maximum absolute atomic E-state index is 12.4. The summed E-state index contributed by atoms with van der Waals surface area (Å²) in [5.74, 6) is -0.337. The van der Waals surface area contributed by atoms with Gasteiger partial charge < -0.3 is 19.6 Å². The van der Waals surface area contributed by atoms with Crippen LogP contribution < -0.4 is 4.90 Å². The molecular formula is C14H14N4O3. The summed E-state index contributed by atoms with van der Waals surface area (Å²) < 4.78 is 1.44. The molecule has 0 bridgehead atoms. The minimum atomic E-state index is -0.572. The Balaban J connectivity index is 1.78. The summed E-state index contributed by atoms with van der Waals surface area (Å²) in [5.41, 5.74) is 2.09. The molecule has 0 unspecified atom stereocenters. The number of hydrogen-bond acceptors (Lipinski definition) is 4. The van der Waals surface area contributed by atoms with E-state index in [2.05, 4.69) is 4.98 Å². The normalized spacial score (nSPS) is 13.8. The van der Waals surface area contributed by atoms with Crippen molar-refractivity contribution in [3.05, 3.63) is 52.5 Å². The number of fused-ring (bicyclic) bond motifs is 1. The van der Waals surface area contributed by atoms with E-state index in [0.717, 1.165) is 24.1 Å². The second-order valence-corrected chi connectivity index (χ2v) is 4.94. The Hall–Kier alpha value is -2.70. The second-order valence-electron chi connectivity index (χ2n) is 4.94. The van der Waals surface area contributed by atoms with E-state index < -0.39 is 4.92 Å². The van der Waals surface area contributed by atoms with Gasteiger partial charge >= 0.3 is 5.82 Å². The van der Waals surface area contributed by atoms with Gasteiger partial charge in [-0.3, -0.25) is 4.79 Å².